The minimum Gasteiger partial charge on any atom is -0.481 e. The van der Waals surface area contributed by atoms with Gasteiger partial charge in [-0.3, -0.25) is 14.5 Å². The number of nitrogens with one attached hydrogen (secondary N) is 1. The Hall–Kier alpha value is -3.48. The van der Waals surface area contributed by atoms with Gasteiger partial charge in [-0.25, -0.2) is 9.18 Å². The van der Waals surface area contributed by atoms with E-state index in [1.54, 1.807) is 37.3 Å². The third-order valence-electron chi connectivity index (χ3n) is 4.67. The zero-order valence-electron chi connectivity index (χ0n) is 15.2. The van der Waals surface area contributed by atoms with Crippen molar-refractivity contribution < 1.29 is 23.9 Å². The summed E-state index contributed by atoms with van der Waals surface area (Å²) in [5.74, 6) is -1.48. The second kappa shape index (κ2) is 8.04. The third-order valence-corrected chi connectivity index (χ3v) is 4.67. The number of carbonyl (C=O) groups excluding carboxylic acids is 2. The standard InChI is InChI=1S/C21H19FN2O4/c1-13-15(11-20(26)27)3-2-4-18(13)23-21(28)24-10-9-17(25)12-19(24)14-5-7-16(22)8-6-14/h2-10,19H,11-12H2,1H3,(H,23,28)(H,26,27). The van der Waals surface area contributed by atoms with Crippen molar-refractivity contribution >= 4 is 23.5 Å². The van der Waals surface area contributed by atoms with Crippen LogP contribution in [0.25, 0.3) is 0 Å². The van der Waals surface area contributed by atoms with E-state index in [1.165, 1.54) is 29.3 Å². The van der Waals surface area contributed by atoms with Gasteiger partial charge >= 0.3 is 12.0 Å². The second-order valence-electron chi connectivity index (χ2n) is 6.55. The molecule has 0 bridgehead atoms. The average molecular weight is 382 g/mol. The van der Waals surface area contributed by atoms with Crippen LogP contribution in [0.3, 0.4) is 0 Å². The van der Waals surface area contributed by atoms with Crippen molar-refractivity contribution in [2.75, 3.05) is 5.32 Å². The van der Waals surface area contributed by atoms with Crippen LogP contribution in [-0.2, 0) is 16.0 Å². The number of anilines is 1. The van der Waals surface area contributed by atoms with E-state index >= 15 is 0 Å². The molecule has 1 atom stereocenters. The van der Waals surface area contributed by atoms with Gasteiger partial charge in [0, 0.05) is 18.3 Å². The Kier molecular flexibility index (Phi) is 5.54. The summed E-state index contributed by atoms with van der Waals surface area (Å²) in [6.45, 7) is 1.74. The van der Waals surface area contributed by atoms with Crippen LogP contribution in [0, 0.1) is 12.7 Å². The summed E-state index contributed by atoms with van der Waals surface area (Å²) in [4.78, 5) is 37.1. The highest BCUT2D eigenvalue weighted by atomic mass is 19.1. The molecule has 1 aliphatic heterocycles. The van der Waals surface area contributed by atoms with Crippen LogP contribution in [0.1, 0.15) is 29.2 Å². The Morgan fingerprint density at radius 2 is 1.93 bits per heavy atom. The van der Waals surface area contributed by atoms with Crippen LogP contribution in [0.5, 0.6) is 0 Å². The first kappa shape index (κ1) is 19.3. The summed E-state index contributed by atoms with van der Waals surface area (Å²) in [6, 6.07) is 9.70. The molecule has 6 nitrogen and oxygen atoms in total. The topological polar surface area (TPSA) is 86.7 Å². The van der Waals surface area contributed by atoms with Gasteiger partial charge in [0.1, 0.15) is 5.82 Å². The number of urea groups is 1. The van der Waals surface area contributed by atoms with Gasteiger partial charge in [-0.15, -0.1) is 0 Å². The molecule has 0 saturated heterocycles. The Balaban J connectivity index is 1.86. The van der Waals surface area contributed by atoms with Crippen LogP contribution >= 0.6 is 0 Å². The summed E-state index contributed by atoms with van der Waals surface area (Å²) in [7, 11) is 0. The normalized spacial score (nSPS) is 16.1. The van der Waals surface area contributed by atoms with Gasteiger partial charge < -0.3 is 10.4 Å². The van der Waals surface area contributed by atoms with Crippen LogP contribution < -0.4 is 5.32 Å². The largest absolute Gasteiger partial charge is 0.481 e. The van der Waals surface area contributed by atoms with E-state index in [0.717, 1.165) is 0 Å². The van der Waals surface area contributed by atoms with E-state index in [2.05, 4.69) is 5.32 Å². The van der Waals surface area contributed by atoms with Crippen molar-refractivity contribution in [2.45, 2.75) is 25.8 Å². The number of halogens is 1. The van der Waals surface area contributed by atoms with Gasteiger partial charge in [0.05, 0.1) is 12.5 Å². The zero-order valence-corrected chi connectivity index (χ0v) is 15.2. The SMILES string of the molecule is Cc1c(CC(=O)O)cccc1NC(=O)N1C=CC(=O)CC1c1ccc(F)cc1. The van der Waals surface area contributed by atoms with Crippen molar-refractivity contribution in [3.63, 3.8) is 0 Å². The summed E-state index contributed by atoms with van der Waals surface area (Å²) in [5.41, 5.74) is 2.40. The quantitative estimate of drug-likeness (QED) is 0.842. The molecule has 7 heteroatoms. The fraction of sp³-hybridized carbons (Fsp3) is 0.190. The van der Waals surface area contributed by atoms with Crippen molar-refractivity contribution in [2.24, 2.45) is 0 Å². The number of nitrogens with zero attached hydrogens (tertiary/aromatic N) is 1. The molecule has 1 aliphatic rings. The predicted octanol–water partition coefficient (Wildman–Crippen LogP) is 3.82. The molecule has 2 amide bonds. The number of carbonyl (C=O) groups is 3. The molecule has 1 heterocycles. The van der Waals surface area contributed by atoms with Crippen molar-refractivity contribution in [1.29, 1.82) is 0 Å². The molecule has 2 aromatic rings. The molecule has 0 spiro atoms. The Bertz CT molecular complexity index is 953. The number of ketones is 1. The number of amides is 2. The number of allylic oxidation sites excluding steroid dienone is 1. The van der Waals surface area contributed by atoms with E-state index in [0.29, 0.717) is 22.4 Å². The van der Waals surface area contributed by atoms with E-state index in [9.17, 15) is 18.8 Å². The third kappa shape index (κ3) is 4.25. The van der Waals surface area contributed by atoms with Gasteiger partial charge in [0.2, 0.25) is 0 Å². The molecule has 0 aliphatic carbocycles. The number of benzene rings is 2. The molecule has 2 N–H and O–H groups in total. The first-order chi connectivity index (χ1) is 13.3. The zero-order chi connectivity index (χ0) is 20.3. The summed E-state index contributed by atoms with van der Waals surface area (Å²) in [5, 5.41) is 11.8. The summed E-state index contributed by atoms with van der Waals surface area (Å²) >= 11 is 0. The molecule has 0 aromatic heterocycles. The van der Waals surface area contributed by atoms with E-state index in [-0.39, 0.29) is 18.6 Å². The van der Waals surface area contributed by atoms with E-state index in [4.69, 9.17) is 5.11 Å². The van der Waals surface area contributed by atoms with E-state index < -0.39 is 23.9 Å². The molecule has 0 fully saturated rings. The number of carboxylic acids is 1. The van der Waals surface area contributed by atoms with Crippen molar-refractivity contribution in [1.82, 2.24) is 4.90 Å². The maximum atomic E-state index is 13.2. The Labute approximate surface area is 161 Å². The fourth-order valence-electron chi connectivity index (χ4n) is 3.15. The van der Waals surface area contributed by atoms with Crippen LogP contribution in [0.2, 0.25) is 0 Å². The number of hydrogen-bond donors (Lipinski definition) is 2. The molecular weight excluding hydrogens is 363 g/mol. The lowest BCUT2D eigenvalue weighted by Gasteiger charge is -2.31. The van der Waals surface area contributed by atoms with Crippen LogP contribution in [0.4, 0.5) is 14.9 Å². The minimum absolute atomic E-state index is 0.0909. The molecular formula is C21H19FN2O4. The average Bonchev–Trinajstić information content (AvgIpc) is 2.65. The lowest BCUT2D eigenvalue weighted by Crippen LogP contribution is -2.37. The molecule has 3 rings (SSSR count). The highest BCUT2D eigenvalue weighted by Crippen LogP contribution is 2.30. The second-order valence-corrected chi connectivity index (χ2v) is 6.55. The first-order valence-corrected chi connectivity index (χ1v) is 8.71. The van der Waals surface area contributed by atoms with Gasteiger partial charge in [0.25, 0.3) is 0 Å². The van der Waals surface area contributed by atoms with Crippen LogP contribution in [0.15, 0.2) is 54.7 Å². The summed E-state index contributed by atoms with van der Waals surface area (Å²) in [6.07, 6.45) is 2.68. The fourth-order valence-corrected chi connectivity index (χ4v) is 3.15. The number of hydrogen-bond acceptors (Lipinski definition) is 3. The maximum absolute atomic E-state index is 13.2. The Morgan fingerprint density at radius 3 is 2.61 bits per heavy atom. The van der Waals surface area contributed by atoms with E-state index in [1.807, 2.05) is 0 Å². The molecule has 0 saturated carbocycles. The first-order valence-electron chi connectivity index (χ1n) is 8.71. The van der Waals surface area contributed by atoms with Crippen molar-refractivity contribution in [3.8, 4) is 0 Å². The van der Waals surface area contributed by atoms with Crippen molar-refractivity contribution in [3.05, 3.63) is 77.2 Å². The minimum atomic E-state index is -0.958. The highest BCUT2D eigenvalue weighted by Gasteiger charge is 2.29. The van der Waals surface area contributed by atoms with Gasteiger partial charge in [-0.2, -0.15) is 0 Å². The van der Waals surface area contributed by atoms with Crippen LogP contribution in [-0.4, -0.2) is 27.8 Å². The van der Waals surface area contributed by atoms with Gasteiger partial charge in [-0.1, -0.05) is 24.3 Å². The molecule has 28 heavy (non-hydrogen) atoms. The molecule has 0 radical (unpaired) electrons. The van der Waals surface area contributed by atoms with Gasteiger partial charge in [0.15, 0.2) is 5.78 Å². The molecule has 144 valence electrons. The number of carboxylic acid groups (broad SMARTS) is 1. The monoisotopic (exact) mass is 382 g/mol. The predicted molar refractivity (Wildman–Crippen MR) is 101 cm³/mol. The lowest BCUT2D eigenvalue weighted by molar-refractivity contribution is -0.136. The Morgan fingerprint density at radius 1 is 1.21 bits per heavy atom. The lowest BCUT2D eigenvalue weighted by atomic mass is 9.97. The molecule has 1 unspecified atom stereocenters. The summed E-state index contributed by atoms with van der Waals surface area (Å²) < 4.78 is 13.2. The number of rotatable bonds is 4. The van der Waals surface area contributed by atoms with Gasteiger partial charge in [-0.05, 0) is 47.9 Å². The smallest absolute Gasteiger partial charge is 0.326 e. The number of aliphatic carboxylic acids is 1. The maximum Gasteiger partial charge on any atom is 0.326 e. The molecule has 2 aromatic carbocycles. The highest BCUT2D eigenvalue weighted by molar-refractivity contribution is 5.96.